The Labute approximate surface area is 245 Å². The van der Waals surface area contributed by atoms with Gasteiger partial charge >= 0.3 is 11.9 Å². The number of carboxylic acid groups (broad SMARTS) is 2. The third-order valence-corrected chi connectivity index (χ3v) is 6.45. The van der Waals surface area contributed by atoms with Gasteiger partial charge in [-0.05, 0) is 67.4 Å². The molecule has 4 rings (SSSR count). The van der Waals surface area contributed by atoms with E-state index in [2.05, 4.69) is 27.2 Å². The molecule has 0 spiro atoms. The van der Waals surface area contributed by atoms with Gasteiger partial charge in [0.25, 0.3) is 0 Å². The quantitative estimate of drug-likeness (QED) is 0.173. The van der Waals surface area contributed by atoms with Gasteiger partial charge in [0.15, 0.2) is 0 Å². The lowest BCUT2D eigenvalue weighted by molar-refractivity contribution is -0.159. The van der Waals surface area contributed by atoms with Crippen molar-refractivity contribution in [1.82, 2.24) is 10.2 Å². The van der Waals surface area contributed by atoms with E-state index >= 15 is 0 Å². The van der Waals surface area contributed by atoms with Crippen LogP contribution in [-0.2, 0) is 14.4 Å². The molecule has 1 fully saturated rings. The van der Waals surface area contributed by atoms with E-state index in [0.717, 1.165) is 68.4 Å². The van der Waals surface area contributed by atoms with Crippen LogP contribution in [0.5, 0.6) is 17.2 Å². The smallest absolute Gasteiger partial charge is 0.414 e. The first-order valence-corrected chi connectivity index (χ1v) is 13.7. The summed E-state index contributed by atoms with van der Waals surface area (Å²) in [6, 6.07) is 25.6. The molecule has 3 aromatic rings. The normalized spacial score (nSPS) is 13.1. The average molecular weight is 576 g/mol. The van der Waals surface area contributed by atoms with Crippen LogP contribution < -0.4 is 19.7 Å². The van der Waals surface area contributed by atoms with Crippen LogP contribution in [0.25, 0.3) is 6.08 Å². The fourth-order valence-electron chi connectivity index (χ4n) is 4.31. The molecule has 0 aromatic heterocycles. The molecule has 222 valence electrons. The van der Waals surface area contributed by atoms with E-state index in [1.807, 2.05) is 72.8 Å². The Bertz CT molecular complexity index is 1310. The summed E-state index contributed by atoms with van der Waals surface area (Å²) in [5, 5.41) is 17.8. The van der Waals surface area contributed by atoms with Crippen LogP contribution in [0.15, 0.2) is 84.9 Å². The van der Waals surface area contributed by atoms with Crippen LogP contribution in [0.3, 0.4) is 0 Å². The van der Waals surface area contributed by atoms with Gasteiger partial charge in [-0.2, -0.15) is 0 Å². The van der Waals surface area contributed by atoms with Crippen molar-refractivity contribution < 1.29 is 34.1 Å². The topological polar surface area (TPSA) is 129 Å². The third-order valence-electron chi connectivity index (χ3n) is 6.45. The van der Waals surface area contributed by atoms with Crippen LogP contribution in [0, 0.1) is 0 Å². The SMILES string of the molecule is COc1ccccc1N1CCN(CCCCNC(=O)/C=C/c2cccc(Oc3ccccc3)c2)CC1.O=C(O)C(=O)O. The molecule has 0 aliphatic carbocycles. The average Bonchev–Trinajstić information content (AvgIpc) is 3.01. The number of piperazine rings is 1. The van der Waals surface area contributed by atoms with Gasteiger partial charge in [-0.15, -0.1) is 0 Å². The van der Waals surface area contributed by atoms with Crippen LogP contribution in [0.4, 0.5) is 5.69 Å². The summed E-state index contributed by atoms with van der Waals surface area (Å²) >= 11 is 0. The first kappa shape index (κ1) is 31.7. The Morgan fingerprint density at radius 2 is 1.50 bits per heavy atom. The van der Waals surface area contributed by atoms with Gasteiger partial charge in [0.2, 0.25) is 5.91 Å². The summed E-state index contributed by atoms with van der Waals surface area (Å²) in [6.45, 7) is 5.82. The molecule has 1 aliphatic heterocycles. The first-order chi connectivity index (χ1) is 20.4. The number of hydrogen-bond acceptors (Lipinski definition) is 7. The monoisotopic (exact) mass is 575 g/mol. The number of amides is 1. The van der Waals surface area contributed by atoms with Gasteiger partial charge in [-0.25, -0.2) is 9.59 Å². The molecule has 1 heterocycles. The molecule has 3 aromatic carbocycles. The standard InChI is InChI=1S/C30H35N3O3.C2H2O4/c1-35-29-15-6-5-14-28(29)33-22-20-32(21-23-33)19-8-7-18-31-30(34)17-16-25-10-9-13-27(24-25)36-26-11-3-2-4-12-26;3-1(4)2(5)6/h2-6,9-17,24H,7-8,18-23H2,1H3,(H,31,34);(H,3,4)(H,5,6)/b17-16+;. The summed E-state index contributed by atoms with van der Waals surface area (Å²) in [4.78, 5) is 35.3. The van der Waals surface area contributed by atoms with E-state index in [-0.39, 0.29) is 5.91 Å². The minimum absolute atomic E-state index is 0.0743. The van der Waals surface area contributed by atoms with E-state index in [1.165, 1.54) is 5.69 Å². The van der Waals surface area contributed by atoms with Gasteiger partial charge in [0.1, 0.15) is 17.2 Å². The number of rotatable bonds is 11. The Morgan fingerprint density at radius 3 is 2.19 bits per heavy atom. The predicted molar refractivity (Wildman–Crippen MR) is 161 cm³/mol. The highest BCUT2D eigenvalue weighted by Gasteiger charge is 2.19. The van der Waals surface area contributed by atoms with Crippen molar-refractivity contribution in [3.63, 3.8) is 0 Å². The van der Waals surface area contributed by atoms with E-state index in [1.54, 1.807) is 13.2 Å². The number of carbonyl (C=O) groups excluding carboxylic acids is 1. The van der Waals surface area contributed by atoms with E-state index in [9.17, 15) is 4.79 Å². The van der Waals surface area contributed by atoms with Crippen molar-refractivity contribution in [2.75, 3.05) is 51.3 Å². The zero-order valence-electron chi connectivity index (χ0n) is 23.6. The number of carbonyl (C=O) groups is 3. The predicted octanol–water partition coefficient (Wildman–Crippen LogP) is 4.37. The number of anilines is 1. The molecule has 0 radical (unpaired) electrons. The molecule has 1 saturated heterocycles. The number of benzene rings is 3. The maximum atomic E-state index is 12.2. The van der Waals surface area contributed by atoms with E-state index < -0.39 is 11.9 Å². The summed E-state index contributed by atoms with van der Waals surface area (Å²) in [5.74, 6) is -1.26. The molecule has 3 N–H and O–H groups in total. The van der Waals surface area contributed by atoms with Crippen molar-refractivity contribution in [2.24, 2.45) is 0 Å². The highest BCUT2D eigenvalue weighted by atomic mass is 16.5. The summed E-state index contributed by atoms with van der Waals surface area (Å²) in [5.41, 5.74) is 2.09. The Balaban J connectivity index is 0.000000730. The number of para-hydroxylation sites is 3. The second kappa shape index (κ2) is 17.1. The molecule has 0 saturated carbocycles. The lowest BCUT2D eigenvalue weighted by Gasteiger charge is -2.36. The van der Waals surface area contributed by atoms with Crippen molar-refractivity contribution >= 4 is 29.6 Å². The van der Waals surface area contributed by atoms with Gasteiger partial charge < -0.3 is 29.9 Å². The summed E-state index contributed by atoms with van der Waals surface area (Å²) in [7, 11) is 1.73. The van der Waals surface area contributed by atoms with Crippen molar-refractivity contribution in [1.29, 1.82) is 0 Å². The number of nitrogens with zero attached hydrogens (tertiary/aromatic N) is 2. The van der Waals surface area contributed by atoms with Crippen LogP contribution in [0.2, 0.25) is 0 Å². The number of methoxy groups -OCH3 is 1. The van der Waals surface area contributed by atoms with Crippen LogP contribution in [-0.4, -0.2) is 79.3 Å². The molecule has 1 amide bonds. The maximum absolute atomic E-state index is 12.2. The number of carboxylic acids is 2. The number of hydrogen-bond donors (Lipinski definition) is 3. The van der Waals surface area contributed by atoms with Gasteiger partial charge in [0.05, 0.1) is 12.8 Å². The van der Waals surface area contributed by atoms with Crippen molar-refractivity contribution in [3.8, 4) is 17.2 Å². The van der Waals surface area contributed by atoms with Crippen LogP contribution in [0.1, 0.15) is 18.4 Å². The number of nitrogens with one attached hydrogen (secondary N) is 1. The molecule has 0 bridgehead atoms. The maximum Gasteiger partial charge on any atom is 0.414 e. The molecule has 10 heteroatoms. The molecular formula is C32H37N3O7. The van der Waals surface area contributed by atoms with Crippen LogP contribution >= 0.6 is 0 Å². The van der Waals surface area contributed by atoms with Gasteiger partial charge in [-0.3, -0.25) is 9.69 Å². The number of ether oxygens (including phenoxy) is 2. The first-order valence-electron chi connectivity index (χ1n) is 13.7. The zero-order chi connectivity index (χ0) is 30.2. The lowest BCUT2D eigenvalue weighted by atomic mass is 10.2. The Morgan fingerprint density at radius 1 is 0.833 bits per heavy atom. The molecule has 0 atom stereocenters. The summed E-state index contributed by atoms with van der Waals surface area (Å²) in [6.07, 6.45) is 5.43. The van der Waals surface area contributed by atoms with Gasteiger partial charge in [0, 0.05) is 38.8 Å². The minimum atomic E-state index is -1.82. The van der Waals surface area contributed by atoms with Crippen molar-refractivity contribution in [3.05, 3.63) is 90.5 Å². The van der Waals surface area contributed by atoms with Crippen molar-refractivity contribution in [2.45, 2.75) is 12.8 Å². The second-order valence-electron chi connectivity index (χ2n) is 9.43. The highest BCUT2D eigenvalue weighted by molar-refractivity contribution is 6.27. The Kier molecular flexibility index (Phi) is 12.9. The fraction of sp³-hybridized carbons (Fsp3) is 0.281. The van der Waals surface area contributed by atoms with E-state index in [4.69, 9.17) is 29.3 Å². The van der Waals surface area contributed by atoms with E-state index in [0.29, 0.717) is 6.54 Å². The minimum Gasteiger partial charge on any atom is -0.495 e. The lowest BCUT2D eigenvalue weighted by Crippen LogP contribution is -2.46. The second-order valence-corrected chi connectivity index (χ2v) is 9.43. The molecule has 42 heavy (non-hydrogen) atoms. The highest BCUT2D eigenvalue weighted by Crippen LogP contribution is 2.28. The zero-order valence-corrected chi connectivity index (χ0v) is 23.6. The molecule has 10 nitrogen and oxygen atoms in total. The third kappa shape index (κ3) is 11.0. The fourth-order valence-corrected chi connectivity index (χ4v) is 4.31. The number of unbranched alkanes of at least 4 members (excludes halogenated alkanes) is 1. The summed E-state index contributed by atoms with van der Waals surface area (Å²) < 4.78 is 11.4. The molecule has 1 aliphatic rings. The largest absolute Gasteiger partial charge is 0.495 e. The number of aliphatic carboxylic acids is 2. The Hall–Kier alpha value is -4.83. The molecular weight excluding hydrogens is 538 g/mol. The van der Waals surface area contributed by atoms with Gasteiger partial charge in [-0.1, -0.05) is 42.5 Å². The molecule has 0 unspecified atom stereocenters.